The van der Waals surface area contributed by atoms with Gasteiger partial charge < -0.3 is 24.8 Å². The lowest BCUT2D eigenvalue weighted by molar-refractivity contribution is -0.129. The van der Waals surface area contributed by atoms with Crippen molar-refractivity contribution in [3.63, 3.8) is 0 Å². The summed E-state index contributed by atoms with van der Waals surface area (Å²) in [5.41, 5.74) is 3.24. The van der Waals surface area contributed by atoms with Crippen molar-refractivity contribution in [3.8, 4) is 5.88 Å². The summed E-state index contributed by atoms with van der Waals surface area (Å²) in [4.78, 5) is 44.6. The second kappa shape index (κ2) is 10.1. The number of fused-ring (bicyclic) bond motifs is 1. The number of aryl methyl sites for hydroxylation is 1. The molecule has 4 rings (SSSR count). The number of hydrogen-bond acceptors (Lipinski definition) is 8. The normalized spacial score (nSPS) is 16.5. The van der Waals surface area contributed by atoms with Crippen LogP contribution in [0.2, 0.25) is 0 Å². The number of amides is 2. The number of nitrogens with one attached hydrogen (secondary N) is 1. The number of ether oxygens (including phenoxy) is 1. The predicted octanol–water partition coefficient (Wildman–Crippen LogP) is 2.78. The molecule has 1 saturated heterocycles. The van der Waals surface area contributed by atoms with Crippen LogP contribution in [0.3, 0.4) is 0 Å². The number of aromatic nitrogens is 3. The summed E-state index contributed by atoms with van der Waals surface area (Å²) in [5, 5.41) is 3.52. The molecule has 2 aliphatic rings. The van der Waals surface area contributed by atoms with E-state index in [0.717, 1.165) is 16.7 Å². The Morgan fingerprint density at radius 2 is 1.89 bits per heavy atom. The van der Waals surface area contributed by atoms with Gasteiger partial charge in [0.2, 0.25) is 17.7 Å². The molecule has 10 nitrogen and oxygen atoms in total. The van der Waals surface area contributed by atoms with Gasteiger partial charge in [0.05, 0.1) is 19.2 Å². The molecule has 0 bridgehead atoms. The molecule has 188 valence electrons. The van der Waals surface area contributed by atoms with E-state index in [9.17, 15) is 9.59 Å². The minimum absolute atomic E-state index is 0.0579. The van der Waals surface area contributed by atoms with Crippen LogP contribution >= 0.6 is 0 Å². The van der Waals surface area contributed by atoms with Crippen molar-refractivity contribution < 1.29 is 14.3 Å². The van der Waals surface area contributed by atoms with E-state index in [0.29, 0.717) is 62.7 Å². The molecule has 0 aliphatic carbocycles. The summed E-state index contributed by atoms with van der Waals surface area (Å²) < 4.78 is 5.58. The van der Waals surface area contributed by atoms with Crippen molar-refractivity contribution in [1.29, 1.82) is 0 Å². The zero-order chi connectivity index (χ0) is 25.3. The fourth-order valence-electron chi connectivity index (χ4n) is 4.47. The van der Waals surface area contributed by atoms with Gasteiger partial charge in [0.25, 0.3) is 5.91 Å². The van der Waals surface area contributed by atoms with Crippen molar-refractivity contribution in [1.82, 2.24) is 24.8 Å². The summed E-state index contributed by atoms with van der Waals surface area (Å²) in [6, 6.07) is 2.02. The smallest absolute Gasteiger partial charge is 0.273 e. The molecule has 1 atom stereocenters. The molecule has 0 aromatic carbocycles. The van der Waals surface area contributed by atoms with Gasteiger partial charge in [-0.15, -0.1) is 0 Å². The molecule has 2 aromatic heterocycles. The molecule has 35 heavy (non-hydrogen) atoms. The molecule has 10 heteroatoms. The third kappa shape index (κ3) is 5.01. The van der Waals surface area contributed by atoms with Crippen LogP contribution in [0.15, 0.2) is 12.3 Å². The van der Waals surface area contributed by atoms with Gasteiger partial charge in [0.1, 0.15) is 11.5 Å². The lowest BCUT2D eigenvalue weighted by Crippen LogP contribution is -2.48. The van der Waals surface area contributed by atoms with Crippen LogP contribution in [0.1, 0.15) is 67.8 Å². The van der Waals surface area contributed by atoms with E-state index >= 15 is 0 Å². The predicted molar refractivity (Wildman–Crippen MR) is 134 cm³/mol. The lowest BCUT2D eigenvalue weighted by Gasteiger charge is -2.34. The molecule has 2 aromatic rings. The summed E-state index contributed by atoms with van der Waals surface area (Å²) in [6.07, 6.45) is 1.81. The van der Waals surface area contributed by atoms with E-state index in [-0.39, 0.29) is 23.9 Å². The number of anilines is 2. The highest BCUT2D eigenvalue weighted by Gasteiger charge is 2.35. The highest BCUT2D eigenvalue weighted by Crippen LogP contribution is 2.33. The quantitative estimate of drug-likeness (QED) is 0.644. The summed E-state index contributed by atoms with van der Waals surface area (Å²) in [7, 11) is 0. The molecule has 2 amide bonds. The van der Waals surface area contributed by atoms with Gasteiger partial charge in [-0.2, -0.15) is 4.98 Å². The molecular formula is C25H35N7O3. The first kappa shape index (κ1) is 24.7. The summed E-state index contributed by atoms with van der Waals surface area (Å²) in [5.74, 6) is 1.81. The number of hydrogen-bond donors (Lipinski definition) is 1. The maximum Gasteiger partial charge on any atom is 0.273 e. The fourth-order valence-corrected chi connectivity index (χ4v) is 4.47. The minimum Gasteiger partial charge on any atom is -0.478 e. The fraction of sp³-hybridized carbons (Fsp3) is 0.560. The van der Waals surface area contributed by atoms with Gasteiger partial charge in [-0.05, 0) is 46.2 Å². The molecule has 0 unspecified atom stereocenters. The van der Waals surface area contributed by atoms with Crippen LogP contribution in [0.25, 0.3) is 0 Å². The Bertz CT molecular complexity index is 1110. The van der Waals surface area contributed by atoms with E-state index in [1.165, 1.54) is 0 Å². The average molecular weight is 482 g/mol. The van der Waals surface area contributed by atoms with E-state index in [2.05, 4.69) is 16.4 Å². The van der Waals surface area contributed by atoms with Crippen molar-refractivity contribution >= 4 is 23.6 Å². The van der Waals surface area contributed by atoms with E-state index in [4.69, 9.17) is 14.7 Å². The lowest BCUT2D eigenvalue weighted by atomic mass is 10.1. The number of rotatable bonds is 7. The number of carbonyl (C=O) groups is 2. The SMILES string of the molecule is CCOc1ncc([C@@H](C)Nc2nc(N3CCN(C(C)=O)CC3)nc3c2CN(C(C)C)C3=O)cc1C. The van der Waals surface area contributed by atoms with Gasteiger partial charge in [-0.1, -0.05) is 0 Å². The van der Waals surface area contributed by atoms with Gasteiger partial charge in [-0.25, -0.2) is 9.97 Å². The van der Waals surface area contributed by atoms with Crippen molar-refractivity contribution in [2.45, 2.75) is 60.2 Å². The molecule has 1 fully saturated rings. The van der Waals surface area contributed by atoms with Crippen LogP contribution < -0.4 is 15.0 Å². The monoisotopic (exact) mass is 481 g/mol. The first-order chi connectivity index (χ1) is 16.7. The Kier molecular flexibility index (Phi) is 7.09. The van der Waals surface area contributed by atoms with Crippen LogP contribution in [-0.4, -0.2) is 75.4 Å². The molecule has 0 saturated carbocycles. The van der Waals surface area contributed by atoms with Crippen molar-refractivity contribution in [3.05, 3.63) is 34.6 Å². The Labute approximate surface area is 206 Å². The number of pyridine rings is 1. The molecule has 4 heterocycles. The summed E-state index contributed by atoms with van der Waals surface area (Å²) >= 11 is 0. The maximum atomic E-state index is 13.2. The Balaban J connectivity index is 1.64. The second-order valence-corrected chi connectivity index (χ2v) is 9.41. The Hall–Kier alpha value is -3.43. The Morgan fingerprint density at radius 3 is 2.49 bits per heavy atom. The topological polar surface area (TPSA) is 104 Å². The zero-order valence-corrected chi connectivity index (χ0v) is 21.5. The first-order valence-electron chi connectivity index (χ1n) is 12.3. The summed E-state index contributed by atoms with van der Waals surface area (Å²) in [6.45, 7) is 15.1. The Morgan fingerprint density at radius 1 is 1.17 bits per heavy atom. The van der Waals surface area contributed by atoms with Crippen LogP contribution in [-0.2, 0) is 11.3 Å². The van der Waals surface area contributed by atoms with Crippen LogP contribution in [0, 0.1) is 6.92 Å². The standard InChI is InChI=1S/C25H35N7O3/c1-7-35-23-16(4)12-19(13-26-23)17(5)27-22-20-14-32(15(2)3)24(34)21(20)28-25(29-22)31-10-8-30(9-11-31)18(6)33/h12-13,15,17H,7-11,14H2,1-6H3,(H,27,28,29)/t17-/m1/s1. The molecule has 0 radical (unpaired) electrons. The molecule has 1 N–H and O–H groups in total. The van der Waals surface area contributed by atoms with Crippen LogP contribution in [0.4, 0.5) is 11.8 Å². The second-order valence-electron chi connectivity index (χ2n) is 9.41. The third-order valence-corrected chi connectivity index (χ3v) is 6.60. The van der Waals surface area contributed by atoms with Crippen molar-refractivity contribution in [2.75, 3.05) is 43.0 Å². The molecule has 0 spiro atoms. The van der Waals surface area contributed by atoms with Gasteiger partial charge in [0, 0.05) is 56.5 Å². The highest BCUT2D eigenvalue weighted by molar-refractivity contribution is 5.98. The largest absolute Gasteiger partial charge is 0.478 e. The minimum atomic E-state index is -0.0958. The number of carbonyl (C=O) groups excluding carboxylic acids is 2. The number of piperazine rings is 1. The van der Waals surface area contributed by atoms with E-state index in [1.54, 1.807) is 6.92 Å². The van der Waals surface area contributed by atoms with Crippen LogP contribution in [0.5, 0.6) is 5.88 Å². The molecule has 2 aliphatic heterocycles. The highest BCUT2D eigenvalue weighted by atomic mass is 16.5. The van der Waals surface area contributed by atoms with E-state index < -0.39 is 0 Å². The van der Waals surface area contributed by atoms with Gasteiger partial charge >= 0.3 is 0 Å². The van der Waals surface area contributed by atoms with Crippen molar-refractivity contribution in [2.24, 2.45) is 0 Å². The third-order valence-electron chi connectivity index (χ3n) is 6.60. The number of nitrogens with zero attached hydrogens (tertiary/aromatic N) is 6. The zero-order valence-electron chi connectivity index (χ0n) is 21.5. The first-order valence-corrected chi connectivity index (χ1v) is 12.3. The average Bonchev–Trinajstić information content (AvgIpc) is 3.17. The van der Waals surface area contributed by atoms with Gasteiger partial charge in [0.15, 0.2) is 0 Å². The van der Waals surface area contributed by atoms with Gasteiger partial charge in [-0.3, -0.25) is 9.59 Å². The maximum absolute atomic E-state index is 13.2. The molecular weight excluding hydrogens is 446 g/mol. The van der Waals surface area contributed by atoms with E-state index in [1.807, 2.05) is 55.5 Å².